The molecule has 0 bridgehead atoms. The Balaban J connectivity index is 1.60. The number of likely N-dealkylation sites (tertiary alicyclic amines) is 1. The summed E-state index contributed by atoms with van der Waals surface area (Å²) in [5.74, 6) is 1.10. The third-order valence-corrected chi connectivity index (χ3v) is 7.72. The van der Waals surface area contributed by atoms with Crippen LogP contribution in [0.4, 0.5) is 0 Å². The second kappa shape index (κ2) is 7.95. The van der Waals surface area contributed by atoms with Crippen LogP contribution < -0.4 is 5.56 Å². The molecule has 7 heteroatoms. The minimum Gasteiger partial charge on any atom is -0.342 e. The van der Waals surface area contributed by atoms with Gasteiger partial charge in [-0.05, 0) is 50.0 Å². The van der Waals surface area contributed by atoms with Gasteiger partial charge in [0.05, 0.1) is 11.1 Å². The molecule has 1 aliphatic heterocycles. The predicted octanol–water partition coefficient (Wildman–Crippen LogP) is 3.71. The molecular formula is C20H27N3O2S2. The number of amides is 1. The Kier molecular flexibility index (Phi) is 5.60. The Morgan fingerprint density at radius 1 is 1.33 bits per heavy atom. The Labute approximate surface area is 168 Å². The largest absolute Gasteiger partial charge is 0.342 e. The van der Waals surface area contributed by atoms with Crippen molar-refractivity contribution in [3.63, 3.8) is 0 Å². The Bertz CT molecular complexity index is 918. The molecule has 146 valence electrons. The number of aromatic nitrogens is 2. The smallest absolute Gasteiger partial charge is 0.263 e. The standard InChI is InChI=1S/C20H27N3O2S2/c1-3-9-23-19(25)17-14-7-4-8-15(14)27-18(17)21-20(23)26-12-16(24)22-10-5-6-13(2)11-22/h13H,3-12H2,1-2H3/t13-/m1/s1. The second-order valence-corrected chi connectivity index (χ2v) is 9.79. The van der Waals surface area contributed by atoms with Crippen molar-refractivity contribution in [1.29, 1.82) is 0 Å². The van der Waals surface area contributed by atoms with Crippen molar-refractivity contribution in [3.05, 3.63) is 20.8 Å². The zero-order chi connectivity index (χ0) is 19.0. The maximum atomic E-state index is 13.2. The highest BCUT2D eigenvalue weighted by molar-refractivity contribution is 7.99. The first-order valence-corrected chi connectivity index (χ1v) is 11.8. The number of nitrogens with zero attached hydrogens (tertiary/aromatic N) is 3. The number of carbonyl (C=O) groups is 1. The van der Waals surface area contributed by atoms with Gasteiger partial charge >= 0.3 is 0 Å². The van der Waals surface area contributed by atoms with Gasteiger partial charge in [0.25, 0.3) is 5.56 Å². The van der Waals surface area contributed by atoms with E-state index < -0.39 is 0 Å². The van der Waals surface area contributed by atoms with E-state index in [2.05, 4.69) is 13.8 Å². The topological polar surface area (TPSA) is 55.2 Å². The number of thioether (sulfide) groups is 1. The van der Waals surface area contributed by atoms with E-state index in [1.54, 1.807) is 15.9 Å². The van der Waals surface area contributed by atoms with Crippen LogP contribution >= 0.6 is 23.1 Å². The lowest BCUT2D eigenvalue weighted by atomic mass is 10.0. The third kappa shape index (κ3) is 3.68. The number of fused-ring (bicyclic) bond motifs is 3. The van der Waals surface area contributed by atoms with Gasteiger partial charge in [-0.15, -0.1) is 11.3 Å². The molecule has 2 aromatic rings. The molecule has 27 heavy (non-hydrogen) atoms. The lowest BCUT2D eigenvalue weighted by molar-refractivity contribution is -0.130. The van der Waals surface area contributed by atoms with Gasteiger partial charge in [0, 0.05) is 24.5 Å². The molecule has 1 atom stereocenters. The molecular weight excluding hydrogens is 378 g/mol. The van der Waals surface area contributed by atoms with Crippen molar-refractivity contribution in [1.82, 2.24) is 14.5 Å². The fourth-order valence-electron chi connectivity index (χ4n) is 4.22. The van der Waals surface area contributed by atoms with Crippen LogP contribution in [0.1, 0.15) is 50.0 Å². The van der Waals surface area contributed by atoms with Crippen LogP contribution in [0.25, 0.3) is 10.2 Å². The average molecular weight is 406 g/mol. The number of carbonyl (C=O) groups excluding carboxylic acids is 1. The summed E-state index contributed by atoms with van der Waals surface area (Å²) in [6.07, 6.45) is 6.37. The molecule has 0 radical (unpaired) electrons. The molecule has 1 fully saturated rings. The highest BCUT2D eigenvalue weighted by Crippen LogP contribution is 2.35. The summed E-state index contributed by atoms with van der Waals surface area (Å²) in [6.45, 7) is 6.64. The van der Waals surface area contributed by atoms with Gasteiger partial charge in [-0.3, -0.25) is 14.2 Å². The minimum atomic E-state index is 0.0859. The van der Waals surface area contributed by atoms with Crippen molar-refractivity contribution in [2.75, 3.05) is 18.8 Å². The molecule has 2 aliphatic rings. The van der Waals surface area contributed by atoms with Gasteiger partial charge in [0.2, 0.25) is 5.91 Å². The van der Waals surface area contributed by atoms with Gasteiger partial charge in [-0.25, -0.2) is 4.98 Å². The van der Waals surface area contributed by atoms with E-state index in [1.165, 1.54) is 28.6 Å². The van der Waals surface area contributed by atoms with Crippen molar-refractivity contribution in [3.8, 4) is 0 Å². The van der Waals surface area contributed by atoms with Gasteiger partial charge in [0.1, 0.15) is 4.83 Å². The quantitative estimate of drug-likeness (QED) is 0.562. The summed E-state index contributed by atoms with van der Waals surface area (Å²) in [4.78, 5) is 34.8. The monoisotopic (exact) mass is 405 g/mol. The van der Waals surface area contributed by atoms with Gasteiger partial charge < -0.3 is 4.90 Å². The van der Waals surface area contributed by atoms with Crippen LogP contribution in [0.5, 0.6) is 0 Å². The van der Waals surface area contributed by atoms with E-state index in [-0.39, 0.29) is 11.5 Å². The normalized spacial score (nSPS) is 19.6. The molecule has 1 saturated heterocycles. The molecule has 5 nitrogen and oxygen atoms in total. The molecule has 4 rings (SSSR count). The van der Waals surface area contributed by atoms with E-state index in [1.807, 2.05) is 4.90 Å². The van der Waals surface area contributed by atoms with Crippen LogP contribution in [0.15, 0.2) is 9.95 Å². The lowest BCUT2D eigenvalue weighted by Crippen LogP contribution is -2.40. The van der Waals surface area contributed by atoms with Crippen molar-refractivity contribution in [2.24, 2.45) is 5.92 Å². The first kappa shape index (κ1) is 19.0. The summed E-state index contributed by atoms with van der Waals surface area (Å²) in [5, 5.41) is 1.54. The number of hydrogen-bond donors (Lipinski definition) is 0. The van der Waals surface area contributed by atoms with E-state index in [0.717, 1.165) is 55.4 Å². The summed E-state index contributed by atoms with van der Waals surface area (Å²) in [6, 6.07) is 0. The van der Waals surface area contributed by atoms with Gasteiger partial charge in [-0.1, -0.05) is 25.6 Å². The van der Waals surface area contributed by atoms with Crippen molar-refractivity contribution in [2.45, 2.75) is 64.1 Å². The number of thiophene rings is 1. The van der Waals surface area contributed by atoms with E-state index in [4.69, 9.17) is 4.98 Å². The molecule has 3 heterocycles. The van der Waals surface area contributed by atoms with Crippen LogP contribution in [-0.2, 0) is 24.2 Å². The van der Waals surface area contributed by atoms with Gasteiger partial charge in [-0.2, -0.15) is 0 Å². The SMILES string of the molecule is CCCn1c(SCC(=O)N2CCC[C@@H](C)C2)nc2sc3c(c2c1=O)CCC3. The summed E-state index contributed by atoms with van der Waals surface area (Å²) in [5.41, 5.74) is 1.31. The molecule has 0 aromatic carbocycles. The number of rotatable bonds is 5. The molecule has 1 aliphatic carbocycles. The molecule has 0 N–H and O–H groups in total. The predicted molar refractivity (Wildman–Crippen MR) is 112 cm³/mol. The summed E-state index contributed by atoms with van der Waals surface area (Å²) < 4.78 is 1.80. The van der Waals surface area contributed by atoms with Crippen molar-refractivity contribution < 1.29 is 4.79 Å². The van der Waals surface area contributed by atoms with E-state index in [9.17, 15) is 9.59 Å². The fourth-order valence-corrected chi connectivity index (χ4v) is 6.45. The fraction of sp³-hybridized carbons (Fsp3) is 0.650. The Morgan fingerprint density at radius 2 is 2.19 bits per heavy atom. The first-order valence-electron chi connectivity index (χ1n) is 10.0. The highest BCUT2D eigenvalue weighted by atomic mass is 32.2. The van der Waals surface area contributed by atoms with Crippen LogP contribution in [0.2, 0.25) is 0 Å². The minimum absolute atomic E-state index is 0.0859. The maximum absolute atomic E-state index is 13.2. The molecule has 0 spiro atoms. The number of aryl methyl sites for hydroxylation is 2. The Hall–Kier alpha value is -1.34. The number of piperidine rings is 1. The number of hydrogen-bond acceptors (Lipinski definition) is 5. The average Bonchev–Trinajstić information content (AvgIpc) is 3.23. The second-order valence-electron chi connectivity index (χ2n) is 7.76. The van der Waals surface area contributed by atoms with Gasteiger partial charge in [0.15, 0.2) is 5.16 Å². The van der Waals surface area contributed by atoms with E-state index >= 15 is 0 Å². The maximum Gasteiger partial charge on any atom is 0.263 e. The van der Waals surface area contributed by atoms with Crippen LogP contribution in [0, 0.1) is 5.92 Å². The highest BCUT2D eigenvalue weighted by Gasteiger charge is 2.25. The Morgan fingerprint density at radius 3 is 2.96 bits per heavy atom. The zero-order valence-corrected chi connectivity index (χ0v) is 17.8. The zero-order valence-electron chi connectivity index (χ0n) is 16.1. The summed E-state index contributed by atoms with van der Waals surface area (Å²) >= 11 is 3.10. The van der Waals surface area contributed by atoms with Crippen LogP contribution in [-0.4, -0.2) is 39.2 Å². The van der Waals surface area contributed by atoms with E-state index in [0.29, 0.717) is 23.4 Å². The lowest BCUT2D eigenvalue weighted by Gasteiger charge is -2.30. The van der Waals surface area contributed by atoms with Crippen LogP contribution in [0.3, 0.4) is 0 Å². The van der Waals surface area contributed by atoms with Crippen molar-refractivity contribution >= 4 is 39.2 Å². The molecule has 0 saturated carbocycles. The first-order chi connectivity index (χ1) is 13.1. The molecule has 1 amide bonds. The summed E-state index contributed by atoms with van der Waals surface area (Å²) in [7, 11) is 0. The molecule has 2 aromatic heterocycles. The molecule has 0 unspecified atom stereocenters. The third-order valence-electron chi connectivity index (χ3n) is 5.57.